The number of fused-ring (bicyclic) bond motifs is 1. The van der Waals surface area contributed by atoms with E-state index < -0.39 is 0 Å². The largest absolute Gasteiger partial charge is 0.347 e. The molecule has 0 aliphatic carbocycles. The molecule has 1 aromatic heterocycles. The number of carbonyl (C=O) groups is 1. The Morgan fingerprint density at radius 1 is 1.43 bits per heavy atom. The molecule has 2 heterocycles. The highest BCUT2D eigenvalue weighted by Gasteiger charge is 2.27. The van der Waals surface area contributed by atoms with Crippen molar-refractivity contribution in [2.45, 2.75) is 25.6 Å². The lowest BCUT2D eigenvalue weighted by Crippen LogP contribution is -2.48. The molecule has 3 rings (SSSR count). The summed E-state index contributed by atoms with van der Waals surface area (Å²) in [5.41, 5.74) is 2.89. The van der Waals surface area contributed by atoms with Crippen molar-refractivity contribution in [2.24, 2.45) is 0 Å². The summed E-state index contributed by atoms with van der Waals surface area (Å²) in [4.78, 5) is 21.4. The van der Waals surface area contributed by atoms with Crippen LogP contribution in [0.4, 0.5) is 4.39 Å². The van der Waals surface area contributed by atoms with Crippen molar-refractivity contribution >= 4 is 5.91 Å². The zero-order valence-corrected chi connectivity index (χ0v) is 11.8. The second kappa shape index (κ2) is 5.65. The fourth-order valence-electron chi connectivity index (χ4n) is 2.55. The second-order valence-electron chi connectivity index (χ2n) is 5.29. The zero-order chi connectivity index (χ0) is 14.8. The van der Waals surface area contributed by atoms with Crippen molar-refractivity contribution in [3.63, 3.8) is 0 Å². The Morgan fingerprint density at radius 3 is 2.95 bits per heavy atom. The Morgan fingerprint density at radius 2 is 2.19 bits per heavy atom. The SMILES string of the molecule is CN(Cc1ccc(F)cc1)C(=O)C1Cc2nc[nH]c2CN1. The topological polar surface area (TPSA) is 61.0 Å². The van der Waals surface area contributed by atoms with Gasteiger partial charge in [0.15, 0.2) is 0 Å². The molecule has 1 aromatic carbocycles. The number of carbonyl (C=O) groups excluding carboxylic acids is 1. The third-order valence-corrected chi connectivity index (χ3v) is 3.74. The maximum atomic E-state index is 12.9. The number of amides is 1. The van der Waals surface area contributed by atoms with E-state index in [9.17, 15) is 9.18 Å². The molecule has 0 bridgehead atoms. The van der Waals surface area contributed by atoms with Crippen molar-refractivity contribution in [3.8, 4) is 0 Å². The minimum Gasteiger partial charge on any atom is -0.347 e. The molecule has 2 N–H and O–H groups in total. The van der Waals surface area contributed by atoms with Crippen LogP contribution in [0.2, 0.25) is 0 Å². The first-order chi connectivity index (χ1) is 10.1. The molecular weight excluding hydrogens is 271 g/mol. The number of aromatic nitrogens is 2. The number of H-pyrrole nitrogens is 1. The molecule has 110 valence electrons. The minimum absolute atomic E-state index is 0.0213. The summed E-state index contributed by atoms with van der Waals surface area (Å²) < 4.78 is 12.9. The molecule has 0 saturated heterocycles. The lowest BCUT2D eigenvalue weighted by molar-refractivity contribution is -0.132. The highest BCUT2D eigenvalue weighted by Crippen LogP contribution is 2.14. The smallest absolute Gasteiger partial charge is 0.240 e. The number of nitrogens with zero attached hydrogens (tertiary/aromatic N) is 2. The summed E-state index contributed by atoms with van der Waals surface area (Å²) >= 11 is 0. The summed E-state index contributed by atoms with van der Waals surface area (Å²) in [6.07, 6.45) is 2.24. The van der Waals surface area contributed by atoms with Gasteiger partial charge in [-0.3, -0.25) is 10.1 Å². The monoisotopic (exact) mass is 288 g/mol. The minimum atomic E-state index is -0.271. The summed E-state index contributed by atoms with van der Waals surface area (Å²) in [7, 11) is 1.76. The number of halogens is 1. The number of rotatable bonds is 3. The van der Waals surface area contributed by atoms with Crippen LogP contribution < -0.4 is 5.32 Å². The van der Waals surface area contributed by atoms with Gasteiger partial charge in [0, 0.05) is 26.6 Å². The van der Waals surface area contributed by atoms with Gasteiger partial charge in [0.05, 0.1) is 23.8 Å². The fraction of sp³-hybridized carbons (Fsp3) is 0.333. The number of likely N-dealkylation sites (N-methyl/N-ethyl adjacent to an activating group) is 1. The number of hydrogen-bond acceptors (Lipinski definition) is 3. The van der Waals surface area contributed by atoms with E-state index in [1.165, 1.54) is 12.1 Å². The third-order valence-electron chi connectivity index (χ3n) is 3.74. The van der Waals surface area contributed by atoms with Crippen molar-refractivity contribution in [3.05, 3.63) is 53.4 Å². The Balaban J connectivity index is 1.64. The third kappa shape index (κ3) is 2.95. The number of aromatic amines is 1. The summed E-state index contributed by atoms with van der Waals surface area (Å²) in [5, 5.41) is 3.21. The molecule has 0 saturated carbocycles. The standard InChI is InChI=1S/C15H17FN4O/c1-20(8-10-2-4-11(16)5-3-10)15(21)13-6-12-14(7-17-13)19-9-18-12/h2-5,9,13,17H,6-8H2,1H3,(H,18,19). The van der Waals surface area contributed by atoms with E-state index in [2.05, 4.69) is 15.3 Å². The molecule has 5 nitrogen and oxygen atoms in total. The molecule has 0 radical (unpaired) electrons. The Labute approximate surface area is 122 Å². The molecule has 6 heteroatoms. The van der Waals surface area contributed by atoms with E-state index in [4.69, 9.17) is 0 Å². The lowest BCUT2D eigenvalue weighted by Gasteiger charge is -2.27. The van der Waals surface area contributed by atoms with Gasteiger partial charge in [-0.1, -0.05) is 12.1 Å². The Kier molecular flexibility index (Phi) is 3.70. The fourth-order valence-corrected chi connectivity index (χ4v) is 2.55. The Hall–Kier alpha value is -2.21. The van der Waals surface area contributed by atoms with E-state index in [0.717, 1.165) is 17.0 Å². The average Bonchev–Trinajstić information content (AvgIpc) is 2.96. The van der Waals surface area contributed by atoms with Crippen LogP contribution in [-0.4, -0.2) is 33.9 Å². The molecular formula is C15H17FN4O. The molecule has 1 unspecified atom stereocenters. The summed E-state index contributed by atoms with van der Waals surface area (Å²) in [5.74, 6) is -0.249. The number of benzene rings is 1. The molecule has 0 spiro atoms. The molecule has 21 heavy (non-hydrogen) atoms. The van der Waals surface area contributed by atoms with Gasteiger partial charge in [-0.2, -0.15) is 0 Å². The van der Waals surface area contributed by atoms with Gasteiger partial charge in [-0.05, 0) is 17.7 Å². The first-order valence-corrected chi connectivity index (χ1v) is 6.87. The molecule has 1 aliphatic rings. The van der Waals surface area contributed by atoms with Crippen molar-refractivity contribution in [2.75, 3.05) is 7.05 Å². The zero-order valence-electron chi connectivity index (χ0n) is 11.8. The molecule has 1 atom stereocenters. The van der Waals surface area contributed by atoms with Crippen LogP contribution in [0.1, 0.15) is 17.0 Å². The van der Waals surface area contributed by atoms with Gasteiger partial charge in [0.1, 0.15) is 5.82 Å². The van der Waals surface area contributed by atoms with Gasteiger partial charge >= 0.3 is 0 Å². The van der Waals surface area contributed by atoms with Crippen LogP contribution >= 0.6 is 0 Å². The highest BCUT2D eigenvalue weighted by molar-refractivity contribution is 5.82. The van der Waals surface area contributed by atoms with E-state index in [-0.39, 0.29) is 17.8 Å². The Bertz CT molecular complexity index is 637. The summed E-state index contributed by atoms with van der Waals surface area (Å²) in [6.45, 7) is 1.08. The van der Waals surface area contributed by atoms with Crippen molar-refractivity contribution < 1.29 is 9.18 Å². The van der Waals surface area contributed by atoms with Gasteiger partial charge in [-0.15, -0.1) is 0 Å². The van der Waals surface area contributed by atoms with Crippen LogP contribution in [-0.2, 0) is 24.3 Å². The normalized spacial score (nSPS) is 17.3. The first kappa shape index (κ1) is 13.8. The van der Waals surface area contributed by atoms with Gasteiger partial charge in [0.2, 0.25) is 5.91 Å². The maximum absolute atomic E-state index is 12.9. The number of hydrogen-bond donors (Lipinski definition) is 2. The van der Waals surface area contributed by atoms with E-state index in [1.54, 1.807) is 30.4 Å². The lowest BCUT2D eigenvalue weighted by atomic mass is 10.0. The van der Waals surface area contributed by atoms with Crippen LogP contribution in [0.5, 0.6) is 0 Å². The maximum Gasteiger partial charge on any atom is 0.240 e. The van der Waals surface area contributed by atoms with Crippen LogP contribution in [0.25, 0.3) is 0 Å². The second-order valence-corrected chi connectivity index (χ2v) is 5.29. The molecule has 0 fully saturated rings. The van der Waals surface area contributed by atoms with Crippen LogP contribution in [0.3, 0.4) is 0 Å². The predicted octanol–water partition coefficient (Wildman–Crippen LogP) is 1.22. The van der Waals surface area contributed by atoms with E-state index in [1.807, 2.05) is 0 Å². The van der Waals surface area contributed by atoms with Gasteiger partial charge in [0.25, 0.3) is 0 Å². The molecule has 1 aliphatic heterocycles. The van der Waals surface area contributed by atoms with Crippen molar-refractivity contribution in [1.82, 2.24) is 20.2 Å². The van der Waals surface area contributed by atoms with Crippen molar-refractivity contribution in [1.29, 1.82) is 0 Å². The number of nitrogens with one attached hydrogen (secondary N) is 2. The van der Waals surface area contributed by atoms with E-state index in [0.29, 0.717) is 19.5 Å². The van der Waals surface area contributed by atoms with E-state index >= 15 is 0 Å². The predicted molar refractivity (Wildman–Crippen MR) is 75.8 cm³/mol. The van der Waals surface area contributed by atoms with Gasteiger partial charge < -0.3 is 9.88 Å². The average molecular weight is 288 g/mol. The van der Waals surface area contributed by atoms with Gasteiger partial charge in [-0.25, -0.2) is 9.37 Å². The number of imidazole rings is 1. The molecule has 2 aromatic rings. The van der Waals surface area contributed by atoms with Crippen LogP contribution in [0.15, 0.2) is 30.6 Å². The summed E-state index contributed by atoms with van der Waals surface area (Å²) in [6, 6.07) is 5.94. The van der Waals surface area contributed by atoms with Crippen LogP contribution in [0, 0.1) is 5.82 Å². The highest BCUT2D eigenvalue weighted by atomic mass is 19.1. The first-order valence-electron chi connectivity index (χ1n) is 6.87. The quantitative estimate of drug-likeness (QED) is 0.893. The molecule has 1 amide bonds.